The highest BCUT2D eigenvalue weighted by atomic mass is 16.5. The number of rotatable bonds is 7. The van der Waals surface area contributed by atoms with E-state index in [1.165, 1.54) is 0 Å². The van der Waals surface area contributed by atoms with Crippen molar-refractivity contribution in [1.82, 2.24) is 0 Å². The number of hydrogen-bond donors (Lipinski definition) is 0. The molecule has 2 aromatic rings. The van der Waals surface area contributed by atoms with Crippen LogP contribution in [0, 0.1) is 0 Å². The van der Waals surface area contributed by atoms with Crippen molar-refractivity contribution >= 4 is 5.78 Å². The second kappa shape index (κ2) is 7.60. The van der Waals surface area contributed by atoms with Crippen LogP contribution in [-0.4, -0.2) is 26.1 Å². The molecular weight excluding hydrogens is 264 g/mol. The Morgan fingerprint density at radius 2 is 1.62 bits per heavy atom. The molecule has 0 N–H and O–H groups in total. The summed E-state index contributed by atoms with van der Waals surface area (Å²) in [7, 11) is 1.62. The summed E-state index contributed by atoms with van der Waals surface area (Å²) >= 11 is 0. The zero-order valence-electron chi connectivity index (χ0n) is 12.5. The Labute approximate surface area is 125 Å². The van der Waals surface area contributed by atoms with Crippen molar-refractivity contribution in [1.29, 1.82) is 0 Å². The number of para-hydroxylation sites is 1. The van der Waals surface area contributed by atoms with Gasteiger partial charge in [-0.05, 0) is 24.1 Å². The minimum atomic E-state index is 0.000432. The van der Waals surface area contributed by atoms with E-state index in [2.05, 4.69) is 0 Å². The average Bonchev–Trinajstić information content (AvgIpc) is 2.55. The normalized spacial score (nSPS) is 10.4. The lowest BCUT2D eigenvalue weighted by Gasteiger charge is -2.12. The van der Waals surface area contributed by atoms with Gasteiger partial charge in [-0.15, -0.1) is 0 Å². The summed E-state index contributed by atoms with van der Waals surface area (Å²) in [4.78, 5) is 12.8. The van der Waals surface area contributed by atoms with Crippen LogP contribution in [0.5, 0.6) is 5.75 Å². The van der Waals surface area contributed by atoms with Gasteiger partial charge in [-0.1, -0.05) is 43.3 Å². The van der Waals surface area contributed by atoms with E-state index in [9.17, 15) is 4.79 Å². The Bertz CT molecular complexity index is 605. The second-order valence-corrected chi connectivity index (χ2v) is 4.68. The fraction of sp³-hybridized carbons (Fsp3) is 0.278. The summed E-state index contributed by atoms with van der Waals surface area (Å²) in [5.74, 6) is 0.603. The Kier molecular flexibility index (Phi) is 5.52. The van der Waals surface area contributed by atoms with Crippen molar-refractivity contribution in [2.45, 2.75) is 13.3 Å². The van der Waals surface area contributed by atoms with Crippen molar-refractivity contribution in [3.63, 3.8) is 0 Å². The molecule has 0 amide bonds. The molecule has 0 aliphatic rings. The van der Waals surface area contributed by atoms with Gasteiger partial charge < -0.3 is 9.47 Å². The first-order valence-electron chi connectivity index (χ1n) is 7.11. The molecule has 0 fully saturated rings. The SMILES string of the molecule is CCc1ccccc1C(=O)c1ccccc1OCCOC. The van der Waals surface area contributed by atoms with Crippen LogP contribution in [0.15, 0.2) is 48.5 Å². The Morgan fingerprint density at radius 3 is 2.33 bits per heavy atom. The van der Waals surface area contributed by atoms with Crippen LogP contribution < -0.4 is 4.74 Å². The van der Waals surface area contributed by atoms with Crippen molar-refractivity contribution in [3.05, 3.63) is 65.2 Å². The maximum Gasteiger partial charge on any atom is 0.197 e. The smallest absolute Gasteiger partial charge is 0.197 e. The highest BCUT2D eigenvalue weighted by Crippen LogP contribution is 2.23. The molecule has 0 aromatic heterocycles. The van der Waals surface area contributed by atoms with E-state index in [-0.39, 0.29) is 5.78 Å². The fourth-order valence-electron chi connectivity index (χ4n) is 2.21. The molecular formula is C18H20O3. The number of carbonyl (C=O) groups is 1. The average molecular weight is 284 g/mol. The molecule has 2 aromatic carbocycles. The van der Waals surface area contributed by atoms with Gasteiger partial charge >= 0.3 is 0 Å². The summed E-state index contributed by atoms with van der Waals surface area (Å²) in [6, 6.07) is 15.0. The first-order chi connectivity index (χ1) is 10.3. The maximum atomic E-state index is 12.8. The number of methoxy groups -OCH3 is 1. The molecule has 0 aliphatic carbocycles. The molecule has 0 radical (unpaired) electrons. The molecule has 0 heterocycles. The zero-order chi connectivity index (χ0) is 15.1. The lowest BCUT2D eigenvalue weighted by atomic mass is 9.96. The quantitative estimate of drug-likeness (QED) is 0.576. The molecule has 21 heavy (non-hydrogen) atoms. The van der Waals surface area contributed by atoms with E-state index >= 15 is 0 Å². The summed E-state index contributed by atoms with van der Waals surface area (Å²) in [5, 5.41) is 0. The molecule has 0 aliphatic heterocycles. The third-order valence-electron chi connectivity index (χ3n) is 3.32. The molecule has 0 unspecified atom stereocenters. The highest BCUT2D eigenvalue weighted by molar-refractivity contribution is 6.11. The number of ketones is 1. The number of hydrogen-bond acceptors (Lipinski definition) is 3. The van der Waals surface area contributed by atoms with Crippen molar-refractivity contribution in [2.75, 3.05) is 20.3 Å². The van der Waals surface area contributed by atoms with Gasteiger partial charge in [-0.2, -0.15) is 0 Å². The molecule has 0 spiro atoms. The topological polar surface area (TPSA) is 35.5 Å². The monoisotopic (exact) mass is 284 g/mol. The van der Waals surface area contributed by atoms with Crippen molar-refractivity contribution < 1.29 is 14.3 Å². The molecule has 0 saturated carbocycles. The van der Waals surface area contributed by atoms with E-state index < -0.39 is 0 Å². The largest absolute Gasteiger partial charge is 0.490 e. The van der Waals surface area contributed by atoms with Crippen LogP contribution in [-0.2, 0) is 11.2 Å². The lowest BCUT2D eigenvalue weighted by molar-refractivity contribution is 0.103. The van der Waals surface area contributed by atoms with Crippen molar-refractivity contribution in [2.24, 2.45) is 0 Å². The van der Waals surface area contributed by atoms with Crippen LogP contribution in [0.4, 0.5) is 0 Å². The van der Waals surface area contributed by atoms with Gasteiger partial charge in [-0.25, -0.2) is 0 Å². The minimum Gasteiger partial charge on any atom is -0.490 e. The summed E-state index contributed by atoms with van der Waals surface area (Å²) in [6.45, 7) is 2.97. The van der Waals surface area contributed by atoms with Gasteiger partial charge in [0.15, 0.2) is 5.78 Å². The van der Waals surface area contributed by atoms with Crippen LogP contribution in [0.2, 0.25) is 0 Å². The van der Waals surface area contributed by atoms with Crippen molar-refractivity contribution in [3.8, 4) is 5.75 Å². The Hall–Kier alpha value is -2.13. The van der Waals surface area contributed by atoms with Gasteiger partial charge in [0.1, 0.15) is 12.4 Å². The van der Waals surface area contributed by atoms with Crippen LogP contribution in [0.25, 0.3) is 0 Å². The van der Waals surface area contributed by atoms with Gasteiger partial charge in [0.05, 0.1) is 12.2 Å². The number of aryl methyl sites for hydroxylation is 1. The van der Waals surface area contributed by atoms with Gasteiger partial charge in [0.2, 0.25) is 0 Å². The summed E-state index contributed by atoms with van der Waals surface area (Å²) < 4.78 is 10.6. The first kappa shape index (κ1) is 15.3. The minimum absolute atomic E-state index is 0.000432. The second-order valence-electron chi connectivity index (χ2n) is 4.68. The third-order valence-corrected chi connectivity index (χ3v) is 3.32. The van der Waals surface area contributed by atoms with Crippen LogP contribution in [0.3, 0.4) is 0 Å². The first-order valence-corrected chi connectivity index (χ1v) is 7.11. The molecule has 2 rings (SSSR count). The Morgan fingerprint density at radius 1 is 0.952 bits per heavy atom. The van der Waals surface area contributed by atoms with Crippen LogP contribution in [0.1, 0.15) is 28.4 Å². The van der Waals surface area contributed by atoms with E-state index in [0.29, 0.717) is 24.5 Å². The van der Waals surface area contributed by atoms with E-state index in [0.717, 1.165) is 17.5 Å². The number of benzene rings is 2. The van der Waals surface area contributed by atoms with E-state index in [1.54, 1.807) is 13.2 Å². The van der Waals surface area contributed by atoms with E-state index in [4.69, 9.17) is 9.47 Å². The number of ether oxygens (including phenoxy) is 2. The Balaban J connectivity index is 2.30. The highest BCUT2D eigenvalue weighted by Gasteiger charge is 2.16. The van der Waals surface area contributed by atoms with E-state index in [1.807, 2.05) is 49.4 Å². The van der Waals surface area contributed by atoms with Gasteiger partial charge in [-0.3, -0.25) is 4.79 Å². The van der Waals surface area contributed by atoms with Crippen LogP contribution >= 0.6 is 0 Å². The van der Waals surface area contributed by atoms with Gasteiger partial charge in [0, 0.05) is 12.7 Å². The molecule has 0 saturated heterocycles. The van der Waals surface area contributed by atoms with Gasteiger partial charge in [0.25, 0.3) is 0 Å². The fourth-order valence-corrected chi connectivity index (χ4v) is 2.21. The molecule has 0 atom stereocenters. The molecule has 110 valence electrons. The lowest BCUT2D eigenvalue weighted by Crippen LogP contribution is -2.10. The summed E-state index contributed by atoms with van der Waals surface area (Å²) in [5.41, 5.74) is 2.38. The predicted molar refractivity (Wildman–Crippen MR) is 83.1 cm³/mol. The standard InChI is InChI=1S/C18H20O3/c1-3-14-8-4-5-9-15(14)18(19)16-10-6-7-11-17(16)21-13-12-20-2/h4-11H,3,12-13H2,1-2H3. The summed E-state index contributed by atoms with van der Waals surface area (Å²) in [6.07, 6.45) is 0.828. The molecule has 3 heteroatoms. The molecule has 0 bridgehead atoms. The molecule has 3 nitrogen and oxygen atoms in total. The number of carbonyl (C=O) groups excluding carboxylic acids is 1. The zero-order valence-corrected chi connectivity index (χ0v) is 12.5. The maximum absolute atomic E-state index is 12.8. The third kappa shape index (κ3) is 3.70. The predicted octanol–water partition coefficient (Wildman–Crippen LogP) is 3.51.